The molecule has 0 aromatic carbocycles. The van der Waals surface area contributed by atoms with Crippen molar-refractivity contribution in [3.8, 4) is 0 Å². The Hall–Kier alpha value is -1.64. The fourth-order valence-electron chi connectivity index (χ4n) is 2.11. The van der Waals surface area contributed by atoms with Gasteiger partial charge < -0.3 is 10.4 Å². The first-order chi connectivity index (χ1) is 9.78. The van der Waals surface area contributed by atoms with Gasteiger partial charge in [-0.05, 0) is 25.7 Å². The molecule has 9 heteroatoms. The van der Waals surface area contributed by atoms with Crippen LogP contribution in [0.2, 0.25) is 0 Å². The van der Waals surface area contributed by atoms with Crippen LogP contribution in [0.1, 0.15) is 38.5 Å². The highest BCUT2D eigenvalue weighted by atomic mass is 32.2. The van der Waals surface area contributed by atoms with Crippen LogP contribution in [0.4, 0.5) is 4.79 Å². The first-order valence-electron chi connectivity index (χ1n) is 6.81. The van der Waals surface area contributed by atoms with Crippen molar-refractivity contribution in [1.29, 1.82) is 0 Å². The number of nitrogens with one attached hydrogen (secondary N) is 2. The van der Waals surface area contributed by atoms with Gasteiger partial charge in [-0.25, -0.2) is 13.2 Å². The SMILES string of the molecule is O=C(O)CCCCC(=O)NC(=O)NC1CCCS(=O)(=O)C1. The Morgan fingerprint density at radius 1 is 1.14 bits per heavy atom. The van der Waals surface area contributed by atoms with E-state index in [1.54, 1.807) is 0 Å². The summed E-state index contributed by atoms with van der Waals surface area (Å²) in [7, 11) is -3.11. The van der Waals surface area contributed by atoms with Gasteiger partial charge in [0.1, 0.15) is 0 Å². The zero-order valence-electron chi connectivity index (χ0n) is 11.6. The molecule has 1 rings (SSSR count). The molecule has 1 saturated heterocycles. The van der Waals surface area contributed by atoms with E-state index < -0.39 is 33.8 Å². The lowest BCUT2D eigenvalue weighted by Crippen LogP contribution is -2.48. The van der Waals surface area contributed by atoms with E-state index >= 15 is 0 Å². The molecule has 120 valence electrons. The number of carbonyl (C=O) groups excluding carboxylic acids is 2. The van der Waals surface area contributed by atoms with E-state index in [9.17, 15) is 22.8 Å². The number of unbranched alkanes of at least 4 members (excludes halogenated alkanes) is 1. The minimum atomic E-state index is -3.11. The third kappa shape index (κ3) is 7.64. The van der Waals surface area contributed by atoms with Crippen molar-refractivity contribution in [1.82, 2.24) is 10.6 Å². The summed E-state index contributed by atoms with van der Waals surface area (Å²) in [6.45, 7) is 0. The molecule has 0 aliphatic carbocycles. The molecule has 1 atom stereocenters. The van der Waals surface area contributed by atoms with E-state index in [2.05, 4.69) is 10.6 Å². The van der Waals surface area contributed by atoms with E-state index in [1.807, 2.05) is 0 Å². The second-order valence-corrected chi connectivity index (χ2v) is 7.30. The second-order valence-electron chi connectivity index (χ2n) is 5.08. The predicted octanol–water partition coefficient (Wildman–Crippen LogP) is 0.0344. The molecule has 1 heterocycles. The molecule has 0 saturated carbocycles. The summed E-state index contributed by atoms with van der Waals surface area (Å²) < 4.78 is 22.8. The molecule has 1 aliphatic heterocycles. The monoisotopic (exact) mass is 320 g/mol. The van der Waals surface area contributed by atoms with Gasteiger partial charge >= 0.3 is 12.0 Å². The Labute approximate surface area is 123 Å². The zero-order valence-corrected chi connectivity index (χ0v) is 12.4. The van der Waals surface area contributed by atoms with Gasteiger partial charge in [0.25, 0.3) is 0 Å². The zero-order chi connectivity index (χ0) is 15.9. The van der Waals surface area contributed by atoms with Gasteiger partial charge in [-0.3, -0.25) is 14.9 Å². The van der Waals surface area contributed by atoms with Crippen molar-refractivity contribution in [3.63, 3.8) is 0 Å². The standard InChI is InChI=1S/C12H20N2O6S/c15-10(5-1-2-6-11(16)17)14-12(18)13-9-4-3-7-21(19,20)8-9/h9H,1-8H2,(H,16,17)(H2,13,14,15,18). The largest absolute Gasteiger partial charge is 0.481 e. The van der Waals surface area contributed by atoms with Crippen LogP contribution in [0.25, 0.3) is 0 Å². The van der Waals surface area contributed by atoms with Gasteiger partial charge in [0, 0.05) is 18.9 Å². The number of rotatable bonds is 6. The molecule has 3 N–H and O–H groups in total. The van der Waals surface area contributed by atoms with Crippen LogP contribution in [0.3, 0.4) is 0 Å². The van der Waals surface area contributed by atoms with Crippen molar-refractivity contribution < 1.29 is 27.9 Å². The smallest absolute Gasteiger partial charge is 0.321 e. The summed E-state index contributed by atoms with van der Waals surface area (Å²) in [4.78, 5) is 33.3. The summed E-state index contributed by atoms with van der Waals surface area (Å²) in [5.41, 5.74) is 0. The summed E-state index contributed by atoms with van der Waals surface area (Å²) in [6, 6.07) is -1.18. The number of amides is 3. The van der Waals surface area contributed by atoms with Gasteiger partial charge in [0.15, 0.2) is 9.84 Å². The Kier molecular flexibility index (Phi) is 6.60. The fourth-order valence-corrected chi connectivity index (χ4v) is 3.75. The number of sulfone groups is 1. The molecular weight excluding hydrogens is 300 g/mol. The Morgan fingerprint density at radius 2 is 1.81 bits per heavy atom. The number of aliphatic carboxylic acids is 1. The molecule has 0 bridgehead atoms. The normalized spacial score (nSPS) is 20.5. The van der Waals surface area contributed by atoms with Crippen molar-refractivity contribution in [3.05, 3.63) is 0 Å². The molecule has 3 amide bonds. The second kappa shape index (κ2) is 7.96. The third-order valence-electron chi connectivity index (χ3n) is 3.10. The van der Waals surface area contributed by atoms with Crippen LogP contribution >= 0.6 is 0 Å². The highest BCUT2D eigenvalue weighted by Crippen LogP contribution is 2.11. The highest BCUT2D eigenvalue weighted by molar-refractivity contribution is 7.91. The minimum Gasteiger partial charge on any atom is -0.481 e. The molecular formula is C12H20N2O6S. The van der Waals surface area contributed by atoms with Crippen molar-refractivity contribution in [2.75, 3.05) is 11.5 Å². The number of carboxylic acid groups (broad SMARTS) is 1. The van der Waals surface area contributed by atoms with Crippen LogP contribution in [-0.4, -0.2) is 49.0 Å². The van der Waals surface area contributed by atoms with Crippen LogP contribution in [0.5, 0.6) is 0 Å². The van der Waals surface area contributed by atoms with E-state index in [1.165, 1.54) is 0 Å². The summed E-state index contributed by atoms with van der Waals surface area (Å²) in [5, 5.41) is 13.0. The maximum Gasteiger partial charge on any atom is 0.321 e. The minimum absolute atomic E-state index is 0.0145. The number of hydrogen-bond donors (Lipinski definition) is 3. The molecule has 0 aromatic heterocycles. The van der Waals surface area contributed by atoms with Gasteiger partial charge in [0.2, 0.25) is 5.91 Å². The maximum atomic E-state index is 11.5. The van der Waals surface area contributed by atoms with Gasteiger partial charge in [0.05, 0.1) is 11.5 Å². The molecule has 21 heavy (non-hydrogen) atoms. The van der Waals surface area contributed by atoms with Gasteiger partial charge in [-0.15, -0.1) is 0 Å². The topological polar surface area (TPSA) is 130 Å². The lowest BCUT2D eigenvalue weighted by Gasteiger charge is -2.22. The molecule has 0 radical (unpaired) electrons. The number of urea groups is 1. The average molecular weight is 320 g/mol. The lowest BCUT2D eigenvalue weighted by molar-refractivity contribution is -0.137. The number of carbonyl (C=O) groups is 3. The quantitative estimate of drug-likeness (QED) is 0.592. The van der Waals surface area contributed by atoms with Gasteiger partial charge in [-0.2, -0.15) is 0 Å². The third-order valence-corrected chi connectivity index (χ3v) is 4.92. The molecule has 8 nitrogen and oxygen atoms in total. The van der Waals surface area contributed by atoms with E-state index in [-0.39, 0.29) is 24.3 Å². The number of hydrogen-bond acceptors (Lipinski definition) is 5. The molecule has 0 spiro atoms. The summed E-state index contributed by atoms with van der Waals surface area (Å²) in [6.07, 6.45) is 1.85. The molecule has 1 fully saturated rings. The average Bonchev–Trinajstić information content (AvgIpc) is 2.32. The van der Waals surface area contributed by atoms with Crippen molar-refractivity contribution in [2.24, 2.45) is 0 Å². The molecule has 1 aliphatic rings. The highest BCUT2D eigenvalue weighted by Gasteiger charge is 2.26. The Bertz CT molecular complexity index is 502. The fraction of sp³-hybridized carbons (Fsp3) is 0.750. The first kappa shape index (κ1) is 17.4. The summed E-state index contributed by atoms with van der Waals surface area (Å²) in [5.74, 6) is -1.40. The van der Waals surface area contributed by atoms with Crippen LogP contribution in [0.15, 0.2) is 0 Å². The van der Waals surface area contributed by atoms with Crippen LogP contribution in [-0.2, 0) is 19.4 Å². The van der Waals surface area contributed by atoms with Gasteiger partial charge in [-0.1, -0.05) is 0 Å². The number of carboxylic acids is 1. The Balaban J connectivity index is 2.23. The number of imide groups is 1. The first-order valence-corrected chi connectivity index (χ1v) is 8.63. The van der Waals surface area contributed by atoms with E-state index in [0.717, 1.165) is 0 Å². The maximum absolute atomic E-state index is 11.5. The molecule has 0 aromatic rings. The summed E-state index contributed by atoms with van der Waals surface area (Å²) >= 11 is 0. The van der Waals surface area contributed by atoms with E-state index in [4.69, 9.17) is 5.11 Å². The van der Waals surface area contributed by atoms with Crippen LogP contribution in [0, 0.1) is 0 Å². The molecule has 1 unspecified atom stereocenters. The van der Waals surface area contributed by atoms with E-state index in [0.29, 0.717) is 25.7 Å². The van der Waals surface area contributed by atoms with Crippen LogP contribution < -0.4 is 10.6 Å². The Morgan fingerprint density at radius 3 is 2.43 bits per heavy atom. The lowest BCUT2D eigenvalue weighted by atomic mass is 10.2. The van der Waals surface area contributed by atoms with Crippen molar-refractivity contribution >= 4 is 27.7 Å². The van der Waals surface area contributed by atoms with Crippen molar-refractivity contribution in [2.45, 2.75) is 44.6 Å². The predicted molar refractivity (Wildman–Crippen MR) is 74.5 cm³/mol.